The van der Waals surface area contributed by atoms with E-state index in [-0.39, 0.29) is 0 Å². The highest BCUT2D eigenvalue weighted by molar-refractivity contribution is 5.49. The fourth-order valence-electron chi connectivity index (χ4n) is 2.01. The molecule has 2 aromatic carbocycles. The average molecular weight is 265 g/mol. The minimum Gasteiger partial charge on any atom is -0.456 e. The molecule has 20 heavy (non-hydrogen) atoms. The van der Waals surface area contributed by atoms with Crippen LogP contribution in [0.1, 0.15) is 42.0 Å². The fourth-order valence-corrected chi connectivity index (χ4v) is 2.01. The third-order valence-corrected chi connectivity index (χ3v) is 3.36. The Balaban J connectivity index is 2.42. The van der Waals surface area contributed by atoms with Crippen molar-refractivity contribution in [2.75, 3.05) is 0 Å². The molecule has 2 aromatic rings. The summed E-state index contributed by atoms with van der Waals surface area (Å²) < 4.78 is 5.98. The van der Waals surface area contributed by atoms with Gasteiger partial charge in [-0.3, -0.25) is 0 Å². The van der Waals surface area contributed by atoms with E-state index in [9.17, 15) is 0 Å². The van der Waals surface area contributed by atoms with Crippen molar-refractivity contribution >= 4 is 0 Å². The van der Waals surface area contributed by atoms with E-state index in [1.54, 1.807) is 6.07 Å². The van der Waals surface area contributed by atoms with Crippen molar-refractivity contribution in [3.8, 4) is 17.6 Å². The number of nitrogens with zero attached hydrogens (tertiary/aromatic N) is 1. The summed E-state index contributed by atoms with van der Waals surface area (Å²) in [7, 11) is 0. The molecule has 0 spiro atoms. The summed E-state index contributed by atoms with van der Waals surface area (Å²) in [6.07, 6.45) is 0. The van der Waals surface area contributed by atoms with E-state index in [0.29, 0.717) is 17.2 Å². The van der Waals surface area contributed by atoms with Crippen LogP contribution in [0.15, 0.2) is 36.4 Å². The predicted octanol–water partition coefficient (Wildman–Crippen LogP) is 5.09. The van der Waals surface area contributed by atoms with Gasteiger partial charge in [0, 0.05) is 0 Å². The molecule has 0 unspecified atom stereocenters. The number of hydrogen-bond donors (Lipinski definition) is 0. The number of rotatable bonds is 3. The standard InChI is InChI=1S/C18H19NO/c1-12(2)15-8-6-14(4)17(10-15)20-18-9-13(3)5-7-16(18)11-19/h5-10,12H,1-4H3. The molecule has 0 radical (unpaired) electrons. The van der Waals surface area contributed by atoms with Crippen LogP contribution in [0.25, 0.3) is 0 Å². The molecule has 102 valence electrons. The third-order valence-electron chi connectivity index (χ3n) is 3.36. The van der Waals surface area contributed by atoms with Gasteiger partial charge in [0.05, 0.1) is 5.56 Å². The summed E-state index contributed by atoms with van der Waals surface area (Å²) >= 11 is 0. The van der Waals surface area contributed by atoms with Gasteiger partial charge >= 0.3 is 0 Å². The van der Waals surface area contributed by atoms with Crippen LogP contribution < -0.4 is 4.74 Å². The maximum absolute atomic E-state index is 9.17. The summed E-state index contributed by atoms with van der Waals surface area (Å²) in [5, 5.41) is 9.17. The van der Waals surface area contributed by atoms with Gasteiger partial charge in [-0.2, -0.15) is 5.26 Å². The Hall–Kier alpha value is -2.27. The van der Waals surface area contributed by atoms with E-state index in [2.05, 4.69) is 38.1 Å². The molecule has 0 N–H and O–H groups in total. The van der Waals surface area contributed by atoms with Gasteiger partial charge in [-0.25, -0.2) is 0 Å². The van der Waals surface area contributed by atoms with Crippen LogP contribution in [0.5, 0.6) is 11.5 Å². The van der Waals surface area contributed by atoms with Crippen LogP contribution in [-0.2, 0) is 0 Å². The van der Waals surface area contributed by atoms with Gasteiger partial charge in [0.2, 0.25) is 0 Å². The first kappa shape index (κ1) is 14.1. The van der Waals surface area contributed by atoms with Crippen LogP contribution in [-0.4, -0.2) is 0 Å². The number of benzene rings is 2. The molecular weight excluding hydrogens is 246 g/mol. The first-order valence-electron chi connectivity index (χ1n) is 6.80. The summed E-state index contributed by atoms with van der Waals surface area (Å²) in [4.78, 5) is 0. The summed E-state index contributed by atoms with van der Waals surface area (Å²) in [6.45, 7) is 8.32. The molecule has 0 fully saturated rings. The second-order valence-corrected chi connectivity index (χ2v) is 5.39. The highest BCUT2D eigenvalue weighted by atomic mass is 16.5. The molecule has 2 rings (SSSR count). The van der Waals surface area contributed by atoms with Gasteiger partial charge < -0.3 is 4.74 Å². The maximum Gasteiger partial charge on any atom is 0.145 e. The normalized spacial score (nSPS) is 10.4. The molecule has 0 aliphatic rings. The Labute approximate surface area is 120 Å². The van der Waals surface area contributed by atoms with E-state index >= 15 is 0 Å². The quantitative estimate of drug-likeness (QED) is 0.774. The van der Waals surface area contributed by atoms with Crippen LogP contribution in [0.3, 0.4) is 0 Å². The number of nitriles is 1. The molecule has 2 nitrogen and oxygen atoms in total. The van der Waals surface area contributed by atoms with Crippen LogP contribution in [0, 0.1) is 25.2 Å². The Bertz CT molecular complexity index is 666. The van der Waals surface area contributed by atoms with Crippen molar-refractivity contribution in [2.45, 2.75) is 33.6 Å². The molecule has 0 saturated carbocycles. The smallest absolute Gasteiger partial charge is 0.145 e. The molecular formula is C18H19NO. The average Bonchev–Trinajstić information content (AvgIpc) is 2.41. The molecule has 0 aliphatic heterocycles. The fraction of sp³-hybridized carbons (Fsp3) is 0.278. The second-order valence-electron chi connectivity index (χ2n) is 5.39. The van der Waals surface area contributed by atoms with Crippen LogP contribution in [0.4, 0.5) is 0 Å². The summed E-state index contributed by atoms with van der Waals surface area (Å²) in [5.74, 6) is 1.89. The van der Waals surface area contributed by atoms with Gasteiger partial charge in [-0.1, -0.05) is 32.0 Å². The first-order valence-corrected chi connectivity index (χ1v) is 6.80. The second kappa shape index (κ2) is 5.79. The van der Waals surface area contributed by atoms with E-state index in [0.717, 1.165) is 16.9 Å². The molecule has 2 heteroatoms. The van der Waals surface area contributed by atoms with E-state index < -0.39 is 0 Å². The van der Waals surface area contributed by atoms with Crippen molar-refractivity contribution in [1.82, 2.24) is 0 Å². The molecule has 0 heterocycles. The van der Waals surface area contributed by atoms with Gasteiger partial charge in [-0.15, -0.1) is 0 Å². The maximum atomic E-state index is 9.17. The SMILES string of the molecule is Cc1ccc(C#N)c(Oc2cc(C(C)C)ccc2C)c1. The monoisotopic (exact) mass is 265 g/mol. The van der Waals surface area contributed by atoms with Crippen molar-refractivity contribution in [3.63, 3.8) is 0 Å². The van der Waals surface area contributed by atoms with Crippen LogP contribution in [0.2, 0.25) is 0 Å². The predicted molar refractivity (Wildman–Crippen MR) is 81.2 cm³/mol. The van der Waals surface area contributed by atoms with Gasteiger partial charge in [-0.05, 0) is 54.7 Å². The lowest BCUT2D eigenvalue weighted by atomic mass is 10.0. The summed E-state index contributed by atoms with van der Waals surface area (Å²) in [5.41, 5.74) is 3.94. The van der Waals surface area contributed by atoms with Gasteiger partial charge in [0.1, 0.15) is 17.6 Å². The van der Waals surface area contributed by atoms with Gasteiger partial charge in [0.15, 0.2) is 0 Å². The lowest BCUT2D eigenvalue weighted by Crippen LogP contribution is -1.94. The third kappa shape index (κ3) is 3.00. The van der Waals surface area contributed by atoms with Crippen molar-refractivity contribution in [2.24, 2.45) is 0 Å². The molecule has 0 saturated heterocycles. The summed E-state index contributed by atoms with van der Waals surface area (Å²) in [6, 6.07) is 14.0. The minimum atomic E-state index is 0.450. The Morgan fingerprint density at radius 2 is 1.75 bits per heavy atom. The minimum absolute atomic E-state index is 0.450. The molecule has 0 aromatic heterocycles. The lowest BCUT2D eigenvalue weighted by Gasteiger charge is -2.13. The number of aryl methyl sites for hydroxylation is 2. The number of ether oxygens (including phenoxy) is 1. The number of hydrogen-bond acceptors (Lipinski definition) is 2. The zero-order valence-electron chi connectivity index (χ0n) is 12.4. The highest BCUT2D eigenvalue weighted by Gasteiger charge is 2.09. The largest absolute Gasteiger partial charge is 0.456 e. The first-order chi connectivity index (χ1) is 9.51. The zero-order chi connectivity index (χ0) is 14.7. The highest BCUT2D eigenvalue weighted by Crippen LogP contribution is 2.31. The molecule has 0 bridgehead atoms. The lowest BCUT2D eigenvalue weighted by molar-refractivity contribution is 0.476. The Morgan fingerprint density at radius 1 is 1.00 bits per heavy atom. The Kier molecular flexibility index (Phi) is 4.10. The van der Waals surface area contributed by atoms with Crippen LogP contribution >= 0.6 is 0 Å². The van der Waals surface area contributed by atoms with E-state index in [4.69, 9.17) is 10.00 Å². The van der Waals surface area contributed by atoms with Crippen molar-refractivity contribution < 1.29 is 4.74 Å². The van der Waals surface area contributed by atoms with Crippen molar-refractivity contribution in [1.29, 1.82) is 5.26 Å². The van der Waals surface area contributed by atoms with Crippen molar-refractivity contribution in [3.05, 3.63) is 58.7 Å². The Morgan fingerprint density at radius 3 is 2.40 bits per heavy atom. The van der Waals surface area contributed by atoms with E-state index in [1.165, 1.54) is 5.56 Å². The molecule has 0 amide bonds. The molecule has 0 aliphatic carbocycles. The van der Waals surface area contributed by atoms with Gasteiger partial charge in [0.25, 0.3) is 0 Å². The topological polar surface area (TPSA) is 33.0 Å². The zero-order valence-corrected chi connectivity index (χ0v) is 12.4. The van der Waals surface area contributed by atoms with E-state index in [1.807, 2.05) is 26.0 Å². The molecule has 0 atom stereocenters.